The SMILES string of the molecule is CCOc1ccccc1Nc1ccc(NS(=O)(=O)CCc2ccccc2)nc1. The Bertz CT molecular complexity index is 991. The number of sulfonamides is 1. The van der Waals surface area contributed by atoms with Crippen LogP contribution in [0.25, 0.3) is 0 Å². The summed E-state index contributed by atoms with van der Waals surface area (Å²) in [4.78, 5) is 4.20. The predicted octanol–water partition coefficient (Wildman–Crippen LogP) is 4.21. The lowest BCUT2D eigenvalue weighted by Crippen LogP contribution is -2.18. The summed E-state index contributed by atoms with van der Waals surface area (Å²) in [7, 11) is -3.47. The van der Waals surface area contributed by atoms with Crippen LogP contribution in [0.5, 0.6) is 5.75 Å². The molecule has 0 bridgehead atoms. The van der Waals surface area contributed by atoms with Crippen molar-refractivity contribution in [3.63, 3.8) is 0 Å². The standard InChI is InChI=1S/C21H23N3O3S/c1-2-27-20-11-7-6-10-19(20)23-18-12-13-21(22-16-18)24-28(25,26)15-14-17-8-4-3-5-9-17/h3-13,16,23H,2,14-15H2,1H3,(H,22,24). The molecule has 2 N–H and O–H groups in total. The highest BCUT2D eigenvalue weighted by atomic mass is 32.2. The molecule has 7 heteroatoms. The third-order valence-corrected chi connectivity index (χ3v) is 5.25. The van der Waals surface area contributed by atoms with E-state index >= 15 is 0 Å². The lowest BCUT2D eigenvalue weighted by molar-refractivity contribution is 0.342. The van der Waals surface area contributed by atoms with Gasteiger partial charge in [0.15, 0.2) is 0 Å². The maximum absolute atomic E-state index is 12.3. The Balaban J connectivity index is 1.61. The zero-order chi connectivity index (χ0) is 19.8. The molecule has 0 aliphatic heterocycles. The average Bonchev–Trinajstić information content (AvgIpc) is 2.70. The maximum Gasteiger partial charge on any atom is 0.234 e. The second kappa shape index (κ2) is 9.23. The van der Waals surface area contributed by atoms with Crippen LogP contribution in [0.2, 0.25) is 0 Å². The summed E-state index contributed by atoms with van der Waals surface area (Å²) in [5, 5.41) is 3.23. The second-order valence-electron chi connectivity index (χ2n) is 6.14. The molecule has 1 aromatic heterocycles. The topological polar surface area (TPSA) is 80.3 Å². The number of hydrogen-bond donors (Lipinski definition) is 2. The lowest BCUT2D eigenvalue weighted by atomic mass is 10.2. The molecule has 0 amide bonds. The van der Waals surface area contributed by atoms with E-state index in [1.54, 1.807) is 18.3 Å². The van der Waals surface area contributed by atoms with Crippen molar-refractivity contribution < 1.29 is 13.2 Å². The summed E-state index contributed by atoms with van der Waals surface area (Å²) < 4.78 is 32.7. The Morgan fingerprint density at radius 2 is 1.71 bits per heavy atom. The Hall–Kier alpha value is -3.06. The van der Waals surface area contributed by atoms with Crippen LogP contribution >= 0.6 is 0 Å². The minimum Gasteiger partial charge on any atom is -0.492 e. The van der Waals surface area contributed by atoms with Crippen LogP contribution in [0, 0.1) is 0 Å². The highest BCUT2D eigenvalue weighted by molar-refractivity contribution is 7.92. The number of anilines is 3. The quantitative estimate of drug-likeness (QED) is 0.565. The molecule has 2 aromatic carbocycles. The number of para-hydroxylation sites is 2. The van der Waals surface area contributed by atoms with E-state index < -0.39 is 10.0 Å². The lowest BCUT2D eigenvalue weighted by Gasteiger charge is -2.12. The molecule has 0 aliphatic rings. The second-order valence-corrected chi connectivity index (χ2v) is 7.98. The van der Waals surface area contributed by atoms with Crippen LogP contribution in [-0.2, 0) is 16.4 Å². The van der Waals surface area contributed by atoms with Crippen LogP contribution < -0.4 is 14.8 Å². The van der Waals surface area contributed by atoms with Crippen molar-refractivity contribution in [1.29, 1.82) is 0 Å². The van der Waals surface area contributed by atoms with E-state index in [1.807, 2.05) is 61.5 Å². The van der Waals surface area contributed by atoms with Gasteiger partial charge in [-0.1, -0.05) is 42.5 Å². The van der Waals surface area contributed by atoms with Crippen molar-refractivity contribution in [2.24, 2.45) is 0 Å². The van der Waals surface area contributed by atoms with E-state index in [4.69, 9.17) is 4.74 Å². The van der Waals surface area contributed by atoms with Gasteiger partial charge in [-0.25, -0.2) is 13.4 Å². The molecule has 0 radical (unpaired) electrons. The molecule has 146 valence electrons. The minimum absolute atomic E-state index is 0.000423. The van der Waals surface area contributed by atoms with E-state index in [-0.39, 0.29) is 11.6 Å². The number of aryl methyl sites for hydroxylation is 1. The summed E-state index contributed by atoms with van der Waals surface area (Å²) in [6.45, 7) is 2.50. The minimum atomic E-state index is -3.47. The number of benzene rings is 2. The Morgan fingerprint density at radius 3 is 2.43 bits per heavy atom. The molecular weight excluding hydrogens is 374 g/mol. The molecule has 1 heterocycles. The molecule has 0 unspecified atom stereocenters. The fraction of sp³-hybridized carbons (Fsp3) is 0.190. The first kappa shape index (κ1) is 19.7. The van der Waals surface area contributed by atoms with Gasteiger partial charge in [-0.3, -0.25) is 4.72 Å². The number of ether oxygens (including phenoxy) is 1. The monoisotopic (exact) mass is 397 g/mol. The summed E-state index contributed by atoms with van der Waals surface area (Å²) in [6.07, 6.45) is 2.03. The summed E-state index contributed by atoms with van der Waals surface area (Å²) >= 11 is 0. The van der Waals surface area contributed by atoms with E-state index in [0.717, 1.165) is 22.7 Å². The number of rotatable bonds is 9. The zero-order valence-corrected chi connectivity index (χ0v) is 16.4. The molecule has 6 nitrogen and oxygen atoms in total. The van der Waals surface area contributed by atoms with Gasteiger partial charge >= 0.3 is 0 Å². The first-order valence-electron chi connectivity index (χ1n) is 9.05. The number of hydrogen-bond acceptors (Lipinski definition) is 5. The van der Waals surface area contributed by atoms with Crippen molar-refractivity contribution in [3.8, 4) is 5.75 Å². The van der Waals surface area contributed by atoms with Crippen LogP contribution in [0.1, 0.15) is 12.5 Å². The molecule has 3 aromatic rings. The third-order valence-electron chi connectivity index (χ3n) is 3.99. The molecule has 0 spiro atoms. The average molecular weight is 398 g/mol. The highest BCUT2D eigenvalue weighted by Crippen LogP contribution is 2.27. The van der Waals surface area contributed by atoms with Gasteiger partial charge in [-0.2, -0.15) is 0 Å². The third kappa shape index (κ3) is 5.72. The van der Waals surface area contributed by atoms with Gasteiger partial charge in [0.2, 0.25) is 10.0 Å². The molecule has 0 fully saturated rings. The summed E-state index contributed by atoms with van der Waals surface area (Å²) in [6, 6.07) is 20.5. The predicted molar refractivity (Wildman–Crippen MR) is 113 cm³/mol. The molecule has 3 rings (SSSR count). The Labute approximate surface area is 165 Å². The van der Waals surface area contributed by atoms with Crippen LogP contribution in [0.4, 0.5) is 17.2 Å². The number of aromatic nitrogens is 1. The van der Waals surface area contributed by atoms with E-state index in [2.05, 4.69) is 15.0 Å². The molecule has 0 saturated carbocycles. The number of pyridine rings is 1. The van der Waals surface area contributed by atoms with Crippen LogP contribution in [-0.4, -0.2) is 25.8 Å². The van der Waals surface area contributed by atoms with Gasteiger partial charge in [-0.05, 0) is 43.2 Å². The molecule has 0 atom stereocenters. The zero-order valence-electron chi connectivity index (χ0n) is 15.6. The van der Waals surface area contributed by atoms with Gasteiger partial charge in [0, 0.05) is 0 Å². The fourth-order valence-electron chi connectivity index (χ4n) is 2.64. The highest BCUT2D eigenvalue weighted by Gasteiger charge is 2.12. The van der Waals surface area contributed by atoms with Crippen molar-refractivity contribution in [1.82, 2.24) is 4.98 Å². The van der Waals surface area contributed by atoms with Crippen LogP contribution in [0.15, 0.2) is 72.9 Å². The van der Waals surface area contributed by atoms with Gasteiger partial charge in [0.25, 0.3) is 0 Å². The molecule has 28 heavy (non-hydrogen) atoms. The normalized spacial score (nSPS) is 11.0. The smallest absolute Gasteiger partial charge is 0.234 e. The van der Waals surface area contributed by atoms with Crippen molar-refractivity contribution in [2.75, 3.05) is 22.4 Å². The fourth-order valence-corrected chi connectivity index (χ4v) is 3.69. The first-order chi connectivity index (χ1) is 13.6. The van der Waals surface area contributed by atoms with E-state index in [0.29, 0.717) is 13.0 Å². The van der Waals surface area contributed by atoms with Gasteiger partial charge < -0.3 is 10.1 Å². The summed E-state index contributed by atoms with van der Waals surface area (Å²) in [5.74, 6) is 1.04. The van der Waals surface area contributed by atoms with Crippen LogP contribution in [0.3, 0.4) is 0 Å². The molecule has 0 aliphatic carbocycles. The van der Waals surface area contributed by atoms with Crippen molar-refractivity contribution >= 4 is 27.2 Å². The Morgan fingerprint density at radius 1 is 0.964 bits per heavy atom. The summed E-state index contributed by atoms with van der Waals surface area (Å²) in [5.41, 5.74) is 2.54. The number of nitrogens with one attached hydrogen (secondary N) is 2. The van der Waals surface area contributed by atoms with E-state index in [1.165, 1.54) is 0 Å². The molecule has 0 saturated heterocycles. The van der Waals surface area contributed by atoms with Gasteiger partial charge in [0.1, 0.15) is 11.6 Å². The molecular formula is C21H23N3O3S. The number of nitrogens with zero attached hydrogens (tertiary/aromatic N) is 1. The first-order valence-corrected chi connectivity index (χ1v) is 10.7. The largest absolute Gasteiger partial charge is 0.492 e. The van der Waals surface area contributed by atoms with Crippen molar-refractivity contribution in [2.45, 2.75) is 13.3 Å². The maximum atomic E-state index is 12.3. The van der Waals surface area contributed by atoms with Gasteiger partial charge in [0.05, 0.1) is 29.9 Å². The Kier molecular flexibility index (Phi) is 6.49. The van der Waals surface area contributed by atoms with Gasteiger partial charge in [-0.15, -0.1) is 0 Å². The van der Waals surface area contributed by atoms with E-state index in [9.17, 15) is 8.42 Å². The van der Waals surface area contributed by atoms with Crippen molar-refractivity contribution in [3.05, 3.63) is 78.5 Å².